The van der Waals surface area contributed by atoms with E-state index in [2.05, 4.69) is 0 Å². The monoisotopic (exact) mass is 2090 g/mol. The van der Waals surface area contributed by atoms with E-state index in [4.69, 9.17) is 189 Å². The molecular formula is C108H152O40. The lowest BCUT2D eigenvalue weighted by Crippen LogP contribution is -2.70. The van der Waals surface area contributed by atoms with Gasteiger partial charge < -0.3 is 189 Å². The highest BCUT2D eigenvalue weighted by Crippen LogP contribution is 2.49. The van der Waals surface area contributed by atoms with Gasteiger partial charge in [-0.2, -0.15) is 0 Å². The van der Waals surface area contributed by atoms with Crippen LogP contribution in [0, 0.1) is 0 Å². The van der Waals surface area contributed by atoms with Crippen LogP contribution in [0.15, 0.2) is 182 Å². The number of ether oxygens (including phenoxy) is 40. The average molecular weight is 2090 g/mol. The zero-order valence-corrected chi connectivity index (χ0v) is 88.4. The summed E-state index contributed by atoms with van der Waals surface area (Å²) in [4.78, 5) is 0. The highest BCUT2D eigenvalue weighted by atomic mass is 16.8. The van der Waals surface area contributed by atoms with Gasteiger partial charge in [0.25, 0.3) is 0 Å². The van der Waals surface area contributed by atoms with Crippen molar-refractivity contribution < 1.29 is 189 Å². The molecule has 16 bridgehead atoms. The highest BCUT2D eigenvalue weighted by Gasteiger charge is 2.64. The first-order valence-corrected chi connectivity index (χ1v) is 49.9. The molecule has 0 N–H and O–H groups in total. The van der Waals surface area contributed by atoms with E-state index in [1.54, 1.807) is 14.2 Å². The first kappa shape index (κ1) is 116. The summed E-state index contributed by atoms with van der Waals surface area (Å²) in [6.45, 7) is -1.18. The quantitative estimate of drug-likeness (QED) is 0.0349. The van der Waals surface area contributed by atoms with E-state index in [-0.39, 0.29) is 52.9 Å². The normalized spacial score (nSPS) is 37.8. The van der Waals surface area contributed by atoms with Crippen LogP contribution < -0.4 is 0 Å². The van der Waals surface area contributed by atoms with Crippen LogP contribution in [0.3, 0.4) is 0 Å². The predicted molar refractivity (Wildman–Crippen MR) is 523 cm³/mol. The number of rotatable bonds is 40. The molecule has 30 aliphatic heterocycles. The molecule has 824 valence electrons. The molecule has 0 aromatic heterocycles. The Balaban J connectivity index is 0.874. The lowest BCUT2D eigenvalue weighted by atomic mass is 9.80. The molecule has 40 heteroatoms. The Morgan fingerprint density at radius 3 is 0.372 bits per heavy atom. The number of hydrogen-bond acceptors (Lipinski definition) is 40. The van der Waals surface area contributed by atoms with Crippen LogP contribution in [0.25, 0.3) is 0 Å². The predicted octanol–water partition coefficient (Wildman–Crippen LogP) is 7.02. The van der Waals surface area contributed by atoms with Crippen molar-refractivity contribution >= 4 is 0 Å². The molecule has 148 heavy (non-hydrogen) atoms. The van der Waals surface area contributed by atoms with E-state index >= 15 is 0 Å². The molecule has 40 nitrogen and oxygen atoms in total. The Morgan fingerprint density at radius 1 is 0.149 bits per heavy atom. The first-order chi connectivity index (χ1) is 72.4. The summed E-state index contributed by atoms with van der Waals surface area (Å²) < 4.78 is 275. The van der Waals surface area contributed by atoms with Crippen LogP contribution in [-0.4, -0.2) is 455 Å². The molecule has 0 aliphatic carbocycles. The van der Waals surface area contributed by atoms with Crippen molar-refractivity contribution in [1.29, 1.82) is 0 Å². The largest absolute Gasteiger partial charge is 0.382 e. The van der Waals surface area contributed by atoms with Crippen LogP contribution in [-0.2, 0) is 201 Å². The summed E-state index contributed by atoms with van der Waals surface area (Å²) in [7, 11) is 33.4. The Hall–Kier alpha value is -6.28. The molecule has 30 heterocycles. The van der Waals surface area contributed by atoms with Gasteiger partial charge in [0, 0.05) is 156 Å². The van der Waals surface area contributed by atoms with Gasteiger partial charge in [0.1, 0.15) is 207 Å². The average Bonchev–Trinajstić information content (AvgIpc) is 0.750. The second kappa shape index (κ2) is 55.9. The first-order valence-electron chi connectivity index (χ1n) is 49.9. The smallest absolute Gasteiger partial charge is 0.187 e. The van der Waals surface area contributed by atoms with Gasteiger partial charge >= 0.3 is 0 Å². The molecule has 40 atom stereocenters. The van der Waals surface area contributed by atoms with Crippen molar-refractivity contribution in [3.63, 3.8) is 0 Å². The molecule has 0 saturated carbocycles. The Kier molecular flexibility index (Phi) is 43.7. The lowest BCUT2D eigenvalue weighted by Gasteiger charge is -2.53. The fourth-order valence-electron chi connectivity index (χ4n) is 22.6. The van der Waals surface area contributed by atoms with Gasteiger partial charge in [0.2, 0.25) is 0 Å². The summed E-state index contributed by atoms with van der Waals surface area (Å²) in [5, 5.41) is 0. The van der Waals surface area contributed by atoms with Crippen LogP contribution in [0.5, 0.6) is 0 Å². The molecule has 0 amide bonds. The van der Waals surface area contributed by atoms with Gasteiger partial charge in [0.15, 0.2) is 50.3 Å². The second-order valence-corrected chi connectivity index (χ2v) is 37.3. The van der Waals surface area contributed by atoms with E-state index < -0.39 is 257 Å². The summed E-state index contributed by atoms with van der Waals surface area (Å²) in [5.41, 5.74) is 1.94. The molecule has 30 fully saturated rings. The van der Waals surface area contributed by atoms with Gasteiger partial charge in [-0.1, -0.05) is 182 Å². The van der Waals surface area contributed by atoms with E-state index in [0.29, 0.717) is 0 Å². The van der Waals surface area contributed by atoms with Crippen molar-refractivity contribution in [3.05, 3.63) is 215 Å². The Labute approximate surface area is 866 Å². The Bertz CT molecular complexity index is 4400. The van der Waals surface area contributed by atoms with Crippen molar-refractivity contribution in [2.45, 2.75) is 257 Å². The highest BCUT2D eigenvalue weighted by molar-refractivity contribution is 5.49. The minimum atomic E-state index is -1.49. The maximum Gasteiger partial charge on any atom is 0.187 e. The molecular weight excluding hydrogens is 1940 g/mol. The van der Waals surface area contributed by atoms with Crippen LogP contribution in [0.1, 0.15) is 33.4 Å². The third-order valence-corrected chi connectivity index (χ3v) is 29.4. The molecule has 36 rings (SSSR count). The van der Waals surface area contributed by atoms with E-state index in [9.17, 15) is 0 Å². The fraction of sp³-hybridized carbons (Fsp3) is 0.667. The zero-order valence-electron chi connectivity index (χ0n) is 88.4. The number of benzene rings is 6. The Morgan fingerprint density at radius 2 is 0.264 bits per heavy atom. The summed E-state index contributed by atoms with van der Waals surface area (Å²) in [5.74, 6) is 0. The van der Waals surface area contributed by atoms with E-state index in [1.807, 2.05) is 182 Å². The van der Waals surface area contributed by atoms with Crippen molar-refractivity contribution in [1.82, 2.24) is 0 Å². The molecule has 6 aromatic rings. The molecule has 30 aliphatic rings. The van der Waals surface area contributed by atoms with E-state index in [1.165, 1.54) is 142 Å². The summed E-state index contributed by atoms with van der Waals surface area (Å²) >= 11 is 0. The van der Waals surface area contributed by atoms with Gasteiger partial charge in [-0.25, -0.2) is 0 Å². The second-order valence-electron chi connectivity index (χ2n) is 37.3. The topological polar surface area (TPSA) is 369 Å². The SMILES string of the molecule is COC[C@H]1O[C@@H]2O[C@H]3[C@H](OC)[C@@H](OC)[C@@H](O[C@H]4[C@H](OC)[C@H](OC)[C@@H](O[C@H]5[C@H](OC)[C@@H](OC)[C@@H](O[C@H]6[C@H](OC)[C@@H](OC)[C@@H](O[C@H]7[C@H](OC)[C@@H](OC)[C@@H](O[C@H]8[C@H](OC)[C@@H](OC)[C@@H](O[C@H]9[C@H](OC)[C@H](OC)[C@@H](O[C@H]1[C@H](OC)[C@@H]2OC)O[C@@H]9COC)O[C@@H]8COC)O[C@@H]7COC)O[C@@H]6COC)O[C@@H]5COC)O[C@@H]4COC(c1ccccc1)(c1ccccc1)c1ccccc1)O[C@@H]3COC(c1ccccc1)(c1ccccc1)c1ccccc1. The molecule has 0 spiro atoms. The standard InChI is InChI=1S/C108H152O40/c1-109-53-67-75-83(115-7)92(124-16)100(134-67)143-77-69(55-111-3)136-102(94(126-18)85(77)117-9)145-79-71(57-113-5)138-104(96(128-20)87(79)119-11)147-81-73(59-131-107(61-41-29-23-30-42-61,62-43-31-24-32-44-62)63-45-33-25-34-46-63)140-106(98(130-22)89(81)121-13)148-82-74(60-132-108(64-47-35-26-36-48-64,65-49-37-27-38-50-65)66-51-39-28-40-52-66)139-105(97(129-21)90(82)122-14)146-80-72(58-114-6)137-103(95(127-19)88(80)120-12)144-78-70(56-112-4)135-101(93(125-17)86(78)118-10)142-76-68(54-110-2)133-99(141-75)91(123-15)84(76)116-8/h23-52,67-106H,53-60H2,1-22H3/t67-,68-,69-,70-,71-,72-,73-,74-,75-,76-,77-,78-,79-,80-,81-,82-,83+,84+,85+,86+,87+,88+,89+,90+,91-,92-,93-,94+,95-,96+,97+,98-,99-,100-,101-,102-,103-,104-,105-,106-/m1/s1. The van der Waals surface area contributed by atoms with Crippen LogP contribution >= 0.6 is 0 Å². The summed E-state index contributed by atoms with van der Waals surface area (Å²) in [6, 6.07) is 59.6. The summed E-state index contributed by atoms with van der Waals surface area (Å²) in [6.07, 6.45) is -46.6. The zero-order chi connectivity index (χ0) is 105. The van der Waals surface area contributed by atoms with Crippen LogP contribution in [0.4, 0.5) is 0 Å². The molecule has 0 unspecified atom stereocenters. The molecule has 30 saturated heterocycles. The minimum absolute atomic E-state index is 0.0828. The van der Waals surface area contributed by atoms with Gasteiger partial charge in [-0.3, -0.25) is 0 Å². The van der Waals surface area contributed by atoms with Crippen molar-refractivity contribution in [2.75, 3.05) is 209 Å². The maximum atomic E-state index is 7.87. The maximum absolute atomic E-state index is 7.87. The number of hydrogen-bond donors (Lipinski definition) is 0. The molecule has 6 aromatic carbocycles. The number of methoxy groups -OCH3 is 22. The van der Waals surface area contributed by atoms with E-state index in [0.717, 1.165) is 33.4 Å². The van der Waals surface area contributed by atoms with Gasteiger partial charge in [-0.15, -0.1) is 0 Å². The molecule has 0 radical (unpaired) electrons. The third-order valence-electron chi connectivity index (χ3n) is 29.4. The van der Waals surface area contributed by atoms with Crippen LogP contribution in [0.2, 0.25) is 0 Å². The van der Waals surface area contributed by atoms with Gasteiger partial charge in [0.05, 0.1) is 52.9 Å². The van der Waals surface area contributed by atoms with Crippen molar-refractivity contribution in [3.8, 4) is 0 Å². The third kappa shape index (κ3) is 24.4. The fourth-order valence-corrected chi connectivity index (χ4v) is 22.6. The lowest BCUT2D eigenvalue weighted by molar-refractivity contribution is -0.410. The van der Waals surface area contributed by atoms with Crippen molar-refractivity contribution in [2.24, 2.45) is 0 Å². The van der Waals surface area contributed by atoms with Gasteiger partial charge in [-0.05, 0) is 33.4 Å². The minimum Gasteiger partial charge on any atom is -0.382 e.